The number of methoxy groups -OCH3 is 1. The summed E-state index contributed by atoms with van der Waals surface area (Å²) in [6, 6.07) is 5.66. The van der Waals surface area contributed by atoms with E-state index in [0.29, 0.717) is 29.0 Å². The van der Waals surface area contributed by atoms with E-state index >= 15 is 0 Å². The number of hydrazine groups is 1. The molecule has 2 unspecified atom stereocenters. The fourth-order valence-corrected chi connectivity index (χ4v) is 2.57. The molecule has 0 saturated carbocycles. The lowest BCUT2D eigenvalue weighted by molar-refractivity contribution is 0.149. The van der Waals surface area contributed by atoms with Gasteiger partial charge in [0.25, 0.3) is 0 Å². The fourth-order valence-electron chi connectivity index (χ4n) is 2.02. The Kier molecular flexibility index (Phi) is 6.97. The predicted octanol–water partition coefficient (Wildman–Crippen LogP) is 3.04. The molecule has 0 saturated heterocycles. The van der Waals surface area contributed by atoms with E-state index in [4.69, 9.17) is 33.8 Å². The monoisotopic (exact) mass is 290 g/mol. The van der Waals surface area contributed by atoms with E-state index in [0.717, 1.165) is 12.0 Å². The van der Waals surface area contributed by atoms with Crippen molar-refractivity contribution >= 4 is 23.2 Å². The van der Waals surface area contributed by atoms with Gasteiger partial charge in [-0.2, -0.15) is 0 Å². The lowest BCUT2D eigenvalue weighted by Crippen LogP contribution is -2.38. The van der Waals surface area contributed by atoms with E-state index in [1.807, 2.05) is 18.2 Å². The Hall–Kier alpha value is -0.320. The third kappa shape index (κ3) is 4.75. The molecule has 0 aliphatic rings. The number of ether oxygens (including phenoxy) is 1. The zero-order valence-corrected chi connectivity index (χ0v) is 12.3. The van der Waals surface area contributed by atoms with Crippen LogP contribution in [0.5, 0.6) is 0 Å². The third-order valence-electron chi connectivity index (χ3n) is 2.89. The molecule has 5 heteroatoms. The molecular weight excluding hydrogens is 271 g/mol. The number of nitrogens with one attached hydrogen (secondary N) is 1. The minimum Gasteiger partial charge on any atom is -0.384 e. The Bertz CT molecular complexity index is 354. The van der Waals surface area contributed by atoms with Gasteiger partial charge in [0.15, 0.2) is 0 Å². The van der Waals surface area contributed by atoms with Crippen LogP contribution in [0.25, 0.3) is 0 Å². The Balaban J connectivity index is 2.68. The summed E-state index contributed by atoms with van der Waals surface area (Å²) in [5.41, 5.74) is 3.76. The van der Waals surface area contributed by atoms with Crippen molar-refractivity contribution in [3.63, 3.8) is 0 Å². The Morgan fingerprint density at radius 1 is 1.33 bits per heavy atom. The standard InChI is InChI=1S/C13H20Cl2N2O/c1-9(8-18-2)6-10(17-16)7-11-12(14)4-3-5-13(11)15/h3-5,9-10,17H,6-8,16H2,1-2H3. The molecule has 102 valence electrons. The molecule has 0 amide bonds. The van der Waals surface area contributed by atoms with Crippen LogP contribution in [0.4, 0.5) is 0 Å². The highest BCUT2D eigenvalue weighted by atomic mass is 35.5. The smallest absolute Gasteiger partial charge is 0.0488 e. The zero-order chi connectivity index (χ0) is 13.5. The molecule has 0 bridgehead atoms. The SMILES string of the molecule is COCC(C)CC(Cc1c(Cl)cccc1Cl)NN. The largest absolute Gasteiger partial charge is 0.384 e. The fraction of sp³-hybridized carbons (Fsp3) is 0.538. The minimum absolute atomic E-state index is 0.132. The Morgan fingerprint density at radius 2 is 1.94 bits per heavy atom. The number of halogens is 2. The van der Waals surface area contributed by atoms with Crippen molar-refractivity contribution in [2.75, 3.05) is 13.7 Å². The first-order chi connectivity index (χ1) is 8.58. The van der Waals surface area contributed by atoms with Crippen molar-refractivity contribution < 1.29 is 4.74 Å². The van der Waals surface area contributed by atoms with Gasteiger partial charge in [-0.25, -0.2) is 0 Å². The summed E-state index contributed by atoms with van der Waals surface area (Å²) in [5, 5.41) is 1.37. The van der Waals surface area contributed by atoms with Crippen LogP contribution in [-0.2, 0) is 11.2 Å². The molecule has 1 aromatic carbocycles. The van der Waals surface area contributed by atoms with E-state index in [2.05, 4.69) is 12.3 Å². The van der Waals surface area contributed by atoms with Crippen LogP contribution in [-0.4, -0.2) is 19.8 Å². The van der Waals surface area contributed by atoms with Crippen molar-refractivity contribution in [3.05, 3.63) is 33.8 Å². The van der Waals surface area contributed by atoms with Gasteiger partial charge < -0.3 is 4.74 Å². The first kappa shape index (κ1) is 15.7. The molecule has 0 radical (unpaired) electrons. The van der Waals surface area contributed by atoms with Gasteiger partial charge >= 0.3 is 0 Å². The van der Waals surface area contributed by atoms with Crippen LogP contribution in [0.2, 0.25) is 10.0 Å². The van der Waals surface area contributed by atoms with Crippen molar-refractivity contribution in [2.24, 2.45) is 11.8 Å². The lowest BCUT2D eigenvalue weighted by Gasteiger charge is -2.21. The molecule has 0 fully saturated rings. The van der Waals surface area contributed by atoms with E-state index in [9.17, 15) is 0 Å². The van der Waals surface area contributed by atoms with Crippen molar-refractivity contribution in [3.8, 4) is 0 Å². The van der Waals surface area contributed by atoms with Crippen LogP contribution in [0, 0.1) is 5.92 Å². The van der Waals surface area contributed by atoms with E-state index in [-0.39, 0.29) is 6.04 Å². The molecule has 18 heavy (non-hydrogen) atoms. The first-order valence-corrected chi connectivity index (χ1v) is 6.72. The average Bonchev–Trinajstić information content (AvgIpc) is 2.33. The van der Waals surface area contributed by atoms with E-state index in [1.54, 1.807) is 7.11 Å². The second-order valence-corrected chi connectivity index (χ2v) is 5.38. The Labute approximate surface area is 119 Å². The highest BCUT2D eigenvalue weighted by molar-refractivity contribution is 6.35. The van der Waals surface area contributed by atoms with Gasteiger partial charge in [-0.05, 0) is 36.5 Å². The molecule has 0 aliphatic carbocycles. The molecule has 1 aromatic rings. The lowest BCUT2D eigenvalue weighted by atomic mass is 9.97. The highest BCUT2D eigenvalue weighted by Gasteiger charge is 2.16. The summed E-state index contributed by atoms with van der Waals surface area (Å²) in [4.78, 5) is 0. The summed E-state index contributed by atoms with van der Waals surface area (Å²) in [5.74, 6) is 6.02. The van der Waals surface area contributed by atoms with Gasteiger partial charge in [0.05, 0.1) is 0 Å². The van der Waals surface area contributed by atoms with Crippen LogP contribution in [0.1, 0.15) is 18.9 Å². The summed E-state index contributed by atoms with van der Waals surface area (Å²) < 4.78 is 5.13. The van der Waals surface area contributed by atoms with Gasteiger partial charge in [0, 0.05) is 29.8 Å². The maximum atomic E-state index is 6.15. The third-order valence-corrected chi connectivity index (χ3v) is 3.59. The maximum Gasteiger partial charge on any atom is 0.0488 e. The van der Waals surface area contributed by atoms with Crippen LogP contribution in [0.15, 0.2) is 18.2 Å². The summed E-state index contributed by atoms with van der Waals surface area (Å²) >= 11 is 12.3. The molecule has 2 atom stereocenters. The zero-order valence-electron chi connectivity index (χ0n) is 10.7. The maximum absolute atomic E-state index is 6.15. The second kappa shape index (κ2) is 7.97. The van der Waals surface area contributed by atoms with Gasteiger partial charge in [0.1, 0.15) is 0 Å². The number of hydrogen-bond acceptors (Lipinski definition) is 3. The minimum atomic E-state index is 0.132. The normalized spacial score (nSPS) is 14.5. The molecule has 0 aromatic heterocycles. The van der Waals surface area contributed by atoms with Gasteiger partial charge in [0.2, 0.25) is 0 Å². The van der Waals surface area contributed by atoms with E-state index in [1.165, 1.54) is 0 Å². The summed E-state index contributed by atoms with van der Waals surface area (Å²) in [6.45, 7) is 2.84. The van der Waals surface area contributed by atoms with Gasteiger partial charge in [-0.1, -0.05) is 36.2 Å². The highest BCUT2D eigenvalue weighted by Crippen LogP contribution is 2.26. The summed E-state index contributed by atoms with van der Waals surface area (Å²) in [6.07, 6.45) is 1.62. The quantitative estimate of drug-likeness (QED) is 0.599. The van der Waals surface area contributed by atoms with Crippen molar-refractivity contribution in [2.45, 2.75) is 25.8 Å². The van der Waals surface area contributed by atoms with Crippen LogP contribution >= 0.6 is 23.2 Å². The average molecular weight is 291 g/mol. The second-order valence-electron chi connectivity index (χ2n) is 4.56. The first-order valence-electron chi connectivity index (χ1n) is 5.96. The van der Waals surface area contributed by atoms with Gasteiger partial charge in [-0.3, -0.25) is 11.3 Å². The number of hydrogen-bond donors (Lipinski definition) is 2. The van der Waals surface area contributed by atoms with Crippen LogP contribution < -0.4 is 11.3 Å². The number of nitrogens with two attached hydrogens (primary N) is 1. The molecule has 0 heterocycles. The molecule has 0 spiro atoms. The Morgan fingerprint density at radius 3 is 2.44 bits per heavy atom. The van der Waals surface area contributed by atoms with Gasteiger partial charge in [-0.15, -0.1) is 0 Å². The van der Waals surface area contributed by atoms with Crippen LogP contribution in [0.3, 0.4) is 0 Å². The molecule has 0 aliphatic heterocycles. The number of rotatable bonds is 7. The van der Waals surface area contributed by atoms with E-state index < -0.39 is 0 Å². The van der Waals surface area contributed by atoms with Crippen molar-refractivity contribution in [1.82, 2.24) is 5.43 Å². The predicted molar refractivity (Wildman–Crippen MR) is 76.9 cm³/mol. The molecule has 3 nitrogen and oxygen atoms in total. The number of benzene rings is 1. The summed E-state index contributed by atoms with van der Waals surface area (Å²) in [7, 11) is 1.70. The molecule has 1 rings (SSSR count). The molecular formula is C13H20Cl2N2O. The topological polar surface area (TPSA) is 47.3 Å². The molecule has 3 N–H and O–H groups in total. The van der Waals surface area contributed by atoms with Crippen molar-refractivity contribution in [1.29, 1.82) is 0 Å².